The molecule has 1 fully saturated rings. The van der Waals surface area contributed by atoms with Crippen molar-refractivity contribution in [3.05, 3.63) is 28.7 Å². The van der Waals surface area contributed by atoms with Gasteiger partial charge >= 0.3 is 0 Å². The number of hydrogen-bond donors (Lipinski definition) is 0. The fourth-order valence-electron chi connectivity index (χ4n) is 2.45. The van der Waals surface area contributed by atoms with Gasteiger partial charge in [0.1, 0.15) is 0 Å². The van der Waals surface area contributed by atoms with Crippen molar-refractivity contribution in [2.75, 3.05) is 46.8 Å². The topological polar surface area (TPSA) is 60.9 Å². The lowest BCUT2D eigenvalue weighted by atomic mass is 10.3. The first-order chi connectivity index (χ1) is 10.8. The van der Waals surface area contributed by atoms with Crippen LogP contribution in [0.4, 0.5) is 0 Å². The minimum atomic E-state index is -3.45. The Morgan fingerprint density at radius 2 is 1.87 bits per heavy atom. The number of nitrogens with zero attached hydrogens (tertiary/aromatic N) is 3. The van der Waals surface area contributed by atoms with Crippen LogP contribution in [-0.2, 0) is 14.8 Å². The molecule has 2 rings (SSSR count). The fourth-order valence-corrected chi connectivity index (χ4v) is 4.47. The quantitative estimate of drug-likeness (QED) is 0.741. The second-order valence-electron chi connectivity index (χ2n) is 5.74. The predicted molar refractivity (Wildman–Crippen MR) is 92.7 cm³/mol. The van der Waals surface area contributed by atoms with E-state index in [-0.39, 0.29) is 5.91 Å². The highest BCUT2D eigenvalue weighted by molar-refractivity contribution is 9.10. The van der Waals surface area contributed by atoms with Gasteiger partial charge in [0.05, 0.1) is 4.90 Å². The molecule has 8 heteroatoms. The number of hydrogen-bond acceptors (Lipinski definition) is 4. The summed E-state index contributed by atoms with van der Waals surface area (Å²) in [7, 11) is 0.0306. The van der Waals surface area contributed by atoms with E-state index in [0.29, 0.717) is 44.0 Å². The van der Waals surface area contributed by atoms with E-state index in [1.807, 2.05) is 0 Å². The third-order valence-corrected chi connectivity index (χ3v) is 6.29. The van der Waals surface area contributed by atoms with E-state index >= 15 is 0 Å². The summed E-state index contributed by atoms with van der Waals surface area (Å²) in [6, 6.07) is 6.76. The Balaban J connectivity index is 1.92. The van der Waals surface area contributed by atoms with Crippen LogP contribution < -0.4 is 0 Å². The number of halogens is 1. The van der Waals surface area contributed by atoms with Crippen molar-refractivity contribution in [3.63, 3.8) is 0 Å². The molecule has 1 saturated heterocycles. The van der Waals surface area contributed by atoms with Crippen LogP contribution in [0.5, 0.6) is 0 Å². The summed E-state index contributed by atoms with van der Waals surface area (Å²) in [4.78, 5) is 15.6. The molecule has 1 heterocycles. The Morgan fingerprint density at radius 1 is 1.22 bits per heavy atom. The van der Waals surface area contributed by atoms with Crippen molar-refractivity contribution in [2.24, 2.45) is 0 Å². The molecule has 1 aliphatic heterocycles. The first kappa shape index (κ1) is 18.4. The lowest BCUT2D eigenvalue weighted by molar-refractivity contribution is -0.129. The molecule has 23 heavy (non-hydrogen) atoms. The maximum Gasteiger partial charge on any atom is 0.243 e. The summed E-state index contributed by atoms with van der Waals surface area (Å²) in [6.45, 7) is 2.86. The van der Waals surface area contributed by atoms with E-state index in [1.165, 1.54) is 4.31 Å². The zero-order valence-electron chi connectivity index (χ0n) is 13.4. The predicted octanol–water partition coefficient (Wildman–Crippen LogP) is 1.23. The smallest absolute Gasteiger partial charge is 0.243 e. The Bertz CT molecular complexity index is 656. The van der Waals surface area contributed by atoms with E-state index in [4.69, 9.17) is 0 Å². The van der Waals surface area contributed by atoms with Crippen molar-refractivity contribution < 1.29 is 13.2 Å². The molecule has 1 aliphatic rings. The Hall–Kier alpha value is -0.960. The van der Waals surface area contributed by atoms with Crippen LogP contribution in [0, 0.1) is 0 Å². The Labute approximate surface area is 146 Å². The van der Waals surface area contributed by atoms with Crippen LogP contribution in [0.2, 0.25) is 0 Å². The molecule has 0 aliphatic carbocycles. The van der Waals surface area contributed by atoms with Crippen molar-refractivity contribution in [1.82, 2.24) is 14.1 Å². The van der Waals surface area contributed by atoms with E-state index in [0.717, 1.165) is 4.47 Å². The molecule has 1 amide bonds. The molecular weight excluding hydrogens is 382 g/mol. The molecule has 0 aromatic heterocycles. The van der Waals surface area contributed by atoms with Crippen LogP contribution in [-0.4, -0.2) is 75.2 Å². The number of amides is 1. The van der Waals surface area contributed by atoms with Crippen LogP contribution in [0.15, 0.2) is 33.6 Å². The van der Waals surface area contributed by atoms with Gasteiger partial charge < -0.3 is 9.80 Å². The molecule has 128 valence electrons. The summed E-state index contributed by atoms with van der Waals surface area (Å²) in [5, 5.41) is 0. The summed E-state index contributed by atoms with van der Waals surface area (Å²) in [5.41, 5.74) is 0. The van der Waals surface area contributed by atoms with Gasteiger partial charge in [-0.15, -0.1) is 0 Å². The van der Waals surface area contributed by atoms with Gasteiger partial charge in [0.25, 0.3) is 0 Å². The number of sulfonamides is 1. The van der Waals surface area contributed by atoms with Crippen molar-refractivity contribution in [2.45, 2.75) is 11.3 Å². The van der Waals surface area contributed by atoms with Crippen LogP contribution >= 0.6 is 15.9 Å². The van der Waals surface area contributed by atoms with E-state index < -0.39 is 10.0 Å². The highest BCUT2D eigenvalue weighted by Gasteiger charge is 2.28. The average molecular weight is 404 g/mol. The molecule has 0 N–H and O–H groups in total. The number of rotatable bonds is 5. The number of piperazine rings is 1. The van der Waals surface area contributed by atoms with Crippen molar-refractivity contribution in [3.8, 4) is 0 Å². The highest BCUT2D eigenvalue weighted by atomic mass is 79.9. The molecular formula is C15H22BrN3O3S. The van der Waals surface area contributed by atoms with Gasteiger partial charge in [-0.05, 0) is 18.2 Å². The molecule has 0 radical (unpaired) electrons. The van der Waals surface area contributed by atoms with Gasteiger partial charge in [-0.2, -0.15) is 4.31 Å². The van der Waals surface area contributed by atoms with Gasteiger partial charge in [-0.25, -0.2) is 8.42 Å². The number of carbonyl (C=O) groups is 1. The van der Waals surface area contributed by atoms with Gasteiger partial charge in [0, 0.05) is 57.7 Å². The van der Waals surface area contributed by atoms with Gasteiger partial charge in [-0.1, -0.05) is 22.0 Å². The standard InChI is InChI=1S/C15H22BrN3O3S/c1-17(2)15(20)6-7-18-8-10-19(11-9-18)23(21,22)14-5-3-4-13(16)12-14/h3-5,12H,6-11H2,1-2H3. The zero-order chi connectivity index (χ0) is 17.0. The fraction of sp³-hybridized carbons (Fsp3) is 0.533. The van der Waals surface area contributed by atoms with Gasteiger partial charge in [0.2, 0.25) is 15.9 Å². The Kier molecular flexibility index (Phi) is 6.19. The maximum atomic E-state index is 12.6. The molecule has 0 bridgehead atoms. The SMILES string of the molecule is CN(C)C(=O)CCN1CCN(S(=O)(=O)c2cccc(Br)c2)CC1. The minimum absolute atomic E-state index is 0.0918. The normalized spacial score (nSPS) is 17.2. The molecule has 0 unspecified atom stereocenters. The lowest BCUT2D eigenvalue weighted by Gasteiger charge is -2.34. The zero-order valence-corrected chi connectivity index (χ0v) is 15.8. The van der Waals surface area contributed by atoms with Gasteiger partial charge in [-0.3, -0.25) is 4.79 Å². The second kappa shape index (κ2) is 7.74. The molecule has 1 aromatic carbocycles. The van der Waals surface area contributed by atoms with E-state index in [2.05, 4.69) is 20.8 Å². The summed E-state index contributed by atoms with van der Waals surface area (Å²) in [6.07, 6.45) is 0.464. The van der Waals surface area contributed by atoms with E-state index in [1.54, 1.807) is 43.3 Å². The molecule has 0 spiro atoms. The first-order valence-corrected chi connectivity index (χ1v) is 9.72. The molecule has 0 saturated carbocycles. The minimum Gasteiger partial charge on any atom is -0.349 e. The summed E-state index contributed by atoms with van der Waals surface area (Å²) in [5.74, 6) is 0.0918. The lowest BCUT2D eigenvalue weighted by Crippen LogP contribution is -2.49. The third-order valence-electron chi connectivity index (χ3n) is 3.91. The van der Waals surface area contributed by atoms with E-state index in [9.17, 15) is 13.2 Å². The Morgan fingerprint density at radius 3 is 2.43 bits per heavy atom. The van der Waals surface area contributed by atoms with Crippen LogP contribution in [0.3, 0.4) is 0 Å². The summed E-state index contributed by atoms with van der Waals surface area (Å²) >= 11 is 3.31. The number of carbonyl (C=O) groups excluding carboxylic acids is 1. The average Bonchev–Trinajstić information content (AvgIpc) is 2.53. The second-order valence-corrected chi connectivity index (χ2v) is 8.59. The monoisotopic (exact) mass is 403 g/mol. The van der Waals surface area contributed by atoms with Crippen molar-refractivity contribution in [1.29, 1.82) is 0 Å². The third kappa shape index (κ3) is 4.76. The van der Waals surface area contributed by atoms with Crippen LogP contribution in [0.25, 0.3) is 0 Å². The van der Waals surface area contributed by atoms with Gasteiger partial charge in [0.15, 0.2) is 0 Å². The molecule has 6 nitrogen and oxygen atoms in total. The molecule has 0 atom stereocenters. The first-order valence-electron chi connectivity index (χ1n) is 7.49. The summed E-state index contributed by atoms with van der Waals surface area (Å²) < 4.78 is 27.5. The number of benzene rings is 1. The largest absolute Gasteiger partial charge is 0.349 e. The maximum absolute atomic E-state index is 12.6. The highest BCUT2D eigenvalue weighted by Crippen LogP contribution is 2.21. The van der Waals surface area contributed by atoms with Crippen molar-refractivity contribution >= 4 is 31.9 Å². The molecule has 1 aromatic rings. The van der Waals surface area contributed by atoms with Crippen LogP contribution in [0.1, 0.15) is 6.42 Å².